The zero-order valence-corrected chi connectivity index (χ0v) is 20.8. The Labute approximate surface area is 209 Å². The number of aromatic nitrogens is 4. The van der Waals surface area contributed by atoms with E-state index >= 15 is 0 Å². The van der Waals surface area contributed by atoms with Gasteiger partial charge in [0.15, 0.2) is 11.5 Å². The Hall–Kier alpha value is -4.02. The highest BCUT2D eigenvalue weighted by Crippen LogP contribution is 2.39. The summed E-state index contributed by atoms with van der Waals surface area (Å²) in [7, 11) is 4.74. The normalized spacial score (nSPS) is 17.0. The van der Waals surface area contributed by atoms with E-state index in [2.05, 4.69) is 10.3 Å². The van der Waals surface area contributed by atoms with Crippen LogP contribution in [-0.4, -0.2) is 59.3 Å². The van der Waals surface area contributed by atoms with Crippen molar-refractivity contribution >= 4 is 23.5 Å². The molecule has 1 amide bonds. The summed E-state index contributed by atoms with van der Waals surface area (Å²) in [5.74, 6) is 3.20. The van der Waals surface area contributed by atoms with Crippen molar-refractivity contribution in [2.45, 2.75) is 44.6 Å². The van der Waals surface area contributed by atoms with E-state index in [1.807, 2.05) is 27.8 Å². The van der Waals surface area contributed by atoms with Gasteiger partial charge in [0.05, 0.1) is 38.9 Å². The smallest absolute Gasteiger partial charge is 0.240 e. The number of nitrogens with two attached hydrogens (primary N) is 1. The number of methoxy groups -OCH3 is 3. The first-order valence-corrected chi connectivity index (χ1v) is 12.1. The van der Waals surface area contributed by atoms with Crippen LogP contribution in [0.25, 0.3) is 5.69 Å². The molecular formula is C25H31N7O4. The Balaban J connectivity index is 1.48. The van der Waals surface area contributed by atoms with Gasteiger partial charge in [-0.05, 0) is 38.5 Å². The number of aryl methyl sites for hydroxylation is 1. The van der Waals surface area contributed by atoms with Gasteiger partial charge >= 0.3 is 0 Å². The second-order valence-electron chi connectivity index (χ2n) is 8.93. The number of benzene rings is 1. The number of carbonyl (C=O) groups excluding carboxylic acids is 1. The van der Waals surface area contributed by atoms with Gasteiger partial charge in [-0.25, -0.2) is 9.97 Å². The molecule has 1 atom stereocenters. The number of primary amides is 1. The molecule has 0 unspecified atom stereocenters. The lowest BCUT2D eigenvalue weighted by Crippen LogP contribution is -2.41. The number of ether oxygens (including phenoxy) is 3. The lowest BCUT2D eigenvalue weighted by atomic mass is 9.96. The first-order chi connectivity index (χ1) is 17.5. The molecule has 2 aromatic heterocycles. The Morgan fingerprint density at radius 2 is 1.81 bits per heavy atom. The maximum absolute atomic E-state index is 12.0. The van der Waals surface area contributed by atoms with E-state index in [-0.39, 0.29) is 11.9 Å². The van der Waals surface area contributed by atoms with E-state index < -0.39 is 0 Å². The molecule has 0 spiro atoms. The van der Waals surface area contributed by atoms with Gasteiger partial charge in [0.25, 0.3) is 0 Å². The largest absolute Gasteiger partial charge is 0.493 e. The van der Waals surface area contributed by atoms with Crippen LogP contribution < -0.4 is 30.2 Å². The molecule has 2 aliphatic rings. The number of hydrogen-bond donors (Lipinski definition) is 2. The maximum Gasteiger partial charge on any atom is 0.240 e. The van der Waals surface area contributed by atoms with E-state index in [9.17, 15) is 4.79 Å². The second kappa shape index (κ2) is 9.92. The lowest BCUT2D eigenvalue weighted by molar-refractivity contribution is -0.119. The fourth-order valence-corrected chi connectivity index (χ4v) is 4.98. The highest BCUT2D eigenvalue weighted by Gasteiger charge is 2.32. The minimum Gasteiger partial charge on any atom is -0.493 e. The van der Waals surface area contributed by atoms with Crippen molar-refractivity contribution in [2.24, 2.45) is 5.73 Å². The van der Waals surface area contributed by atoms with E-state index in [0.717, 1.165) is 61.3 Å². The summed E-state index contributed by atoms with van der Waals surface area (Å²) in [6.45, 7) is 0.710. The summed E-state index contributed by atoms with van der Waals surface area (Å²) in [6, 6.07) is 3.34. The molecule has 1 aliphatic carbocycles. The number of fused-ring (bicyclic) bond motifs is 1. The predicted octanol–water partition coefficient (Wildman–Crippen LogP) is 2.76. The van der Waals surface area contributed by atoms with E-state index in [4.69, 9.17) is 29.9 Å². The highest BCUT2D eigenvalue weighted by atomic mass is 16.5. The summed E-state index contributed by atoms with van der Waals surface area (Å²) >= 11 is 0. The van der Waals surface area contributed by atoms with E-state index in [1.165, 1.54) is 0 Å². The quantitative estimate of drug-likeness (QED) is 0.486. The summed E-state index contributed by atoms with van der Waals surface area (Å²) in [5, 5.41) is 3.40. The molecule has 0 radical (unpaired) electrons. The zero-order valence-electron chi connectivity index (χ0n) is 20.8. The Bertz CT molecular complexity index is 1250. The van der Waals surface area contributed by atoms with Crippen LogP contribution in [0.4, 0.5) is 17.6 Å². The fraction of sp³-hybridized carbons (Fsp3) is 0.440. The van der Waals surface area contributed by atoms with Crippen molar-refractivity contribution in [3.8, 4) is 22.9 Å². The summed E-state index contributed by atoms with van der Waals surface area (Å²) < 4.78 is 18.3. The minimum atomic E-state index is -0.376. The van der Waals surface area contributed by atoms with E-state index in [1.54, 1.807) is 27.7 Å². The summed E-state index contributed by atoms with van der Waals surface area (Å²) in [4.78, 5) is 28.2. The first-order valence-electron chi connectivity index (χ1n) is 12.1. The molecule has 1 aliphatic heterocycles. The molecule has 0 bridgehead atoms. The van der Waals surface area contributed by atoms with Crippen molar-refractivity contribution in [3.63, 3.8) is 0 Å². The molecule has 0 saturated carbocycles. The van der Waals surface area contributed by atoms with Crippen LogP contribution in [0.1, 0.15) is 36.9 Å². The number of carbonyl (C=O) groups is 1. The summed E-state index contributed by atoms with van der Waals surface area (Å²) in [6.07, 6.45) is 9.13. The van der Waals surface area contributed by atoms with Crippen LogP contribution in [0.2, 0.25) is 0 Å². The SMILES string of the molecule is COc1cc(-n2cnc(Nc3nc(N4CCC[C@@H]4C(N)=O)nc4c3CCCC4)c2)cc(OC)c1OC. The topological polar surface area (TPSA) is 130 Å². The number of imidazole rings is 1. The van der Waals surface area contributed by atoms with Crippen molar-refractivity contribution in [1.29, 1.82) is 0 Å². The van der Waals surface area contributed by atoms with Crippen molar-refractivity contribution in [1.82, 2.24) is 19.5 Å². The number of rotatable bonds is 8. The molecule has 3 N–H and O–H groups in total. The lowest BCUT2D eigenvalue weighted by Gasteiger charge is -2.26. The Morgan fingerprint density at radius 1 is 1.06 bits per heavy atom. The molecule has 3 heterocycles. The average molecular weight is 494 g/mol. The Morgan fingerprint density at radius 3 is 2.50 bits per heavy atom. The molecule has 190 valence electrons. The van der Waals surface area contributed by atoms with Gasteiger partial charge in [0.2, 0.25) is 17.6 Å². The monoisotopic (exact) mass is 493 g/mol. The predicted molar refractivity (Wildman–Crippen MR) is 135 cm³/mol. The van der Waals surface area contributed by atoms with Crippen molar-refractivity contribution < 1.29 is 19.0 Å². The molecular weight excluding hydrogens is 462 g/mol. The van der Waals surface area contributed by atoms with Crippen LogP contribution in [-0.2, 0) is 17.6 Å². The molecule has 1 fully saturated rings. The molecule has 5 rings (SSSR count). The van der Waals surface area contributed by atoms with Gasteiger partial charge in [-0.15, -0.1) is 0 Å². The first kappa shape index (κ1) is 23.7. The van der Waals surface area contributed by atoms with Gasteiger partial charge in [-0.2, -0.15) is 4.98 Å². The zero-order chi connectivity index (χ0) is 25.2. The molecule has 1 saturated heterocycles. The van der Waals surface area contributed by atoms with Crippen molar-refractivity contribution in [3.05, 3.63) is 35.9 Å². The third-order valence-electron chi connectivity index (χ3n) is 6.79. The van der Waals surface area contributed by atoms with Gasteiger partial charge < -0.3 is 34.7 Å². The molecule has 3 aromatic rings. The number of hydrogen-bond acceptors (Lipinski definition) is 9. The van der Waals surface area contributed by atoms with Gasteiger partial charge in [-0.3, -0.25) is 4.79 Å². The number of nitrogens with zero attached hydrogens (tertiary/aromatic N) is 5. The van der Waals surface area contributed by atoms with Crippen molar-refractivity contribution in [2.75, 3.05) is 38.1 Å². The van der Waals surface area contributed by atoms with Crippen LogP contribution in [0.5, 0.6) is 17.2 Å². The Kier molecular flexibility index (Phi) is 6.53. The summed E-state index contributed by atoms with van der Waals surface area (Å²) in [5.41, 5.74) is 8.58. The molecule has 11 heteroatoms. The number of anilines is 3. The maximum atomic E-state index is 12.0. The van der Waals surface area contributed by atoms with E-state index in [0.29, 0.717) is 35.6 Å². The van der Waals surface area contributed by atoms with Gasteiger partial charge in [0, 0.05) is 24.2 Å². The fourth-order valence-electron chi connectivity index (χ4n) is 4.98. The van der Waals surface area contributed by atoms with Gasteiger partial charge in [-0.1, -0.05) is 0 Å². The molecule has 1 aromatic carbocycles. The van der Waals surface area contributed by atoms with Crippen LogP contribution in [0, 0.1) is 0 Å². The average Bonchev–Trinajstić information content (AvgIpc) is 3.58. The number of nitrogens with one attached hydrogen (secondary N) is 1. The van der Waals surface area contributed by atoms with Gasteiger partial charge in [0.1, 0.15) is 24.0 Å². The second-order valence-corrected chi connectivity index (χ2v) is 8.93. The minimum absolute atomic E-state index is 0.340. The van der Waals surface area contributed by atoms with Crippen LogP contribution in [0.3, 0.4) is 0 Å². The third-order valence-corrected chi connectivity index (χ3v) is 6.79. The molecule has 36 heavy (non-hydrogen) atoms. The van der Waals surface area contributed by atoms with Crippen LogP contribution >= 0.6 is 0 Å². The number of amides is 1. The highest BCUT2D eigenvalue weighted by molar-refractivity contribution is 5.83. The third kappa shape index (κ3) is 4.36. The molecule has 11 nitrogen and oxygen atoms in total. The standard InChI is InChI=1S/C25H31N7O4/c1-34-19-11-15(12-20(35-2)22(19)36-3)31-13-21(27-14-31)29-24-16-7-4-5-8-17(16)28-25(30-24)32-10-6-9-18(32)23(26)33/h11-14,18H,4-10H2,1-3H3,(H2,26,33)(H,28,29,30)/t18-/m1/s1. The van der Waals surface area contributed by atoms with Crippen LogP contribution in [0.15, 0.2) is 24.7 Å².